The number of Topliss-reactive ketones (excluding diaryl/α,β-unsaturated/α-hetero) is 1. The minimum Gasteiger partial charge on any atom is -0.480 e. The molecule has 0 unspecified atom stereocenters. The van der Waals surface area contributed by atoms with Crippen LogP contribution in [-0.4, -0.2) is 41.3 Å². The Labute approximate surface area is 111 Å². The highest BCUT2D eigenvalue weighted by Gasteiger charge is 2.20. The smallest absolute Gasteiger partial charge is 0.326 e. The maximum Gasteiger partial charge on any atom is 0.326 e. The molecule has 0 aliphatic carbocycles. The van der Waals surface area contributed by atoms with Gasteiger partial charge in [0.2, 0.25) is 11.8 Å². The van der Waals surface area contributed by atoms with E-state index in [0.29, 0.717) is 6.54 Å². The molecule has 0 spiro atoms. The fourth-order valence-corrected chi connectivity index (χ4v) is 1.38. The van der Waals surface area contributed by atoms with Crippen molar-refractivity contribution in [3.8, 4) is 0 Å². The number of hydrogen-bond donors (Lipinski definition) is 3. The van der Waals surface area contributed by atoms with Crippen molar-refractivity contribution in [3.05, 3.63) is 0 Å². The van der Waals surface area contributed by atoms with Crippen LogP contribution in [0.25, 0.3) is 0 Å². The average molecular weight is 272 g/mol. The standard InChI is InChI=1S/C12H20N2O5/c1-3-13-10(16)6-7-11(17)14-9(12(18)19)5-4-8(2)15/h9H,3-7H2,1-2H3,(H,13,16)(H,14,17)(H,18,19)/t9-/m0/s1. The van der Waals surface area contributed by atoms with Crippen molar-refractivity contribution in [1.29, 1.82) is 0 Å². The van der Waals surface area contributed by atoms with E-state index in [2.05, 4.69) is 10.6 Å². The van der Waals surface area contributed by atoms with Crippen molar-refractivity contribution in [3.63, 3.8) is 0 Å². The summed E-state index contributed by atoms with van der Waals surface area (Å²) in [5.41, 5.74) is 0. The monoisotopic (exact) mass is 272 g/mol. The van der Waals surface area contributed by atoms with Gasteiger partial charge in [-0.2, -0.15) is 0 Å². The summed E-state index contributed by atoms with van der Waals surface area (Å²) in [7, 11) is 0. The number of ketones is 1. The Kier molecular flexibility index (Phi) is 8.15. The first-order chi connectivity index (χ1) is 8.86. The van der Waals surface area contributed by atoms with E-state index in [1.54, 1.807) is 6.92 Å². The zero-order valence-electron chi connectivity index (χ0n) is 11.2. The molecule has 7 nitrogen and oxygen atoms in total. The van der Waals surface area contributed by atoms with Gasteiger partial charge in [-0.05, 0) is 20.3 Å². The zero-order valence-corrected chi connectivity index (χ0v) is 11.2. The lowest BCUT2D eigenvalue weighted by atomic mass is 10.1. The maximum atomic E-state index is 11.5. The predicted molar refractivity (Wildman–Crippen MR) is 67.4 cm³/mol. The van der Waals surface area contributed by atoms with Gasteiger partial charge in [0.15, 0.2) is 0 Å². The van der Waals surface area contributed by atoms with Crippen LogP contribution in [0.4, 0.5) is 0 Å². The first-order valence-corrected chi connectivity index (χ1v) is 6.15. The molecule has 0 heterocycles. The van der Waals surface area contributed by atoms with Crippen LogP contribution in [0.15, 0.2) is 0 Å². The summed E-state index contributed by atoms with van der Waals surface area (Å²) in [5.74, 6) is -2.09. The van der Waals surface area contributed by atoms with Crippen LogP contribution in [0.5, 0.6) is 0 Å². The van der Waals surface area contributed by atoms with Crippen LogP contribution in [0.3, 0.4) is 0 Å². The lowest BCUT2D eigenvalue weighted by Crippen LogP contribution is -2.41. The molecule has 108 valence electrons. The fraction of sp³-hybridized carbons (Fsp3) is 0.667. The number of carboxylic acid groups (broad SMARTS) is 1. The highest BCUT2D eigenvalue weighted by Crippen LogP contribution is 2.00. The number of aliphatic carboxylic acids is 1. The van der Waals surface area contributed by atoms with Gasteiger partial charge in [0, 0.05) is 25.8 Å². The number of carbonyl (C=O) groups excluding carboxylic acids is 3. The van der Waals surface area contributed by atoms with E-state index in [-0.39, 0.29) is 37.4 Å². The second-order valence-electron chi connectivity index (χ2n) is 4.15. The Morgan fingerprint density at radius 2 is 1.63 bits per heavy atom. The maximum absolute atomic E-state index is 11.5. The molecular weight excluding hydrogens is 252 g/mol. The molecule has 0 aromatic carbocycles. The van der Waals surface area contributed by atoms with Gasteiger partial charge in [-0.3, -0.25) is 9.59 Å². The Bertz CT molecular complexity index is 354. The molecule has 1 atom stereocenters. The van der Waals surface area contributed by atoms with Gasteiger partial charge >= 0.3 is 5.97 Å². The van der Waals surface area contributed by atoms with Gasteiger partial charge < -0.3 is 20.5 Å². The molecule has 0 aromatic heterocycles. The van der Waals surface area contributed by atoms with Gasteiger partial charge in [-0.25, -0.2) is 4.79 Å². The molecule has 0 aliphatic rings. The second kappa shape index (κ2) is 9.07. The van der Waals surface area contributed by atoms with Crippen molar-refractivity contribution in [2.24, 2.45) is 0 Å². The molecule has 0 aromatic rings. The van der Waals surface area contributed by atoms with Crippen LogP contribution in [-0.2, 0) is 19.2 Å². The van der Waals surface area contributed by atoms with Crippen molar-refractivity contribution in [2.75, 3.05) is 6.54 Å². The summed E-state index contributed by atoms with van der Waals surface area (Å²) in [5, 5.41) is 13.7. The Morgan fingerprint density at radius 1 is 1.05 bits per heavy atom. The highest BCUT2D eigenvalue weighted by atomic mass is 16.4. The van der Waals surface area contributed by atoms with Crippen LogP contribution >= 0.6 is 0 Å². The number of rotatable bonds is 9. The Morgan fingerprint density at radius 3 is 2.11 bits per heavy atom. The molecular formula is C12H20N2O5. The number of carboxylic acids is 1. The minimum absolute atomic E-state index is 0.0126. The van der Waals surface area contributed by atoms with E-state index in [0.717, 1.165) is 0 Å². The van der Waals surface area contributed by atoms with Crippen molar-refractivity contribution in [2.45, 2.75) is 45.6 Å². The Balaban J connectivity index is 4.13. The van der Waals surface area contributed by atoms with Crippen LogP contribution < -0.4 is 10.6 Å². The highest BCUT2D eigenvalue weighted by molar-refractivity contribution is 5.87. The normalized spacial score (nSPS) is 11.5. The third-order valence-electron chi connectivity index (χ3n) is 2.37. The molecule has 2 amide bonds. The third-order valence-corrected chi connectivity index (χ3v) is 2.37. The number of hydrogen-bond acceptors (Lipinski definition) is 4. The largest absolute Gasteiger partial charge is 0.480 e. The van der Waals surface area contributed by atoms with E-state index in [1.165, 1.54) is 6.92 Å². The second-order valence-corrected chi connectivity index (χ2v) is 4.15. The minimum atomic E-state index is -1.19. The van der Waals surface area contributed by atoms with Crippen LogP contribution in [0.2, 0.25) is 0 Å². The van der Waals surface area contributed by atoms with E-state index < -0.39 is 17.9 Å². The van der Waals surface area contributed by atoms with Crippen molar-refractivity contribution < 1.29 is 24.3 Å². The average Bonchev–Trinajstić information content (AvgIpc) is 2.31. The third kappa shape index (κ3) is 8.76. The molecule has 0 aliphatic heterocycles. The zero-order chi connectivity index (χ0) is 14.8. The molecule has 0 saturated heterocycles. The van der Waals surface area contributed by atoms with Gasteiger partial charge in [0.1, 0.15) is 11.8 Å². The first kappa shape index (κ1) is 17.1. The number of amides is 2. The van der Waals surface area contributed by atoms with E-state index >= 15 is 0 Å². The molecule has 7 heteroatoms. The molecule has 0 radical (unpaired) electrons. The molecule has 0 bridgehead atoms. The van der Waals surface area contributed by atoms with Gasteiger partial charge in [-0.1, -0.05) is 0 Å². The van der Waals surface area contributed by atoms with Gasteiger partial charge in [0.05, 0.1) is 0 Å². The van der Waals surface area contributed by atoms with E-state index in [1.807, 2.05) is 0 Å². The quantitative estimate of drug-likeness (QED) is 0.540. The number of carbonyl (C=O) groups is 4. The van der Waals surface area contributed by atoms with Gasteiger partial charge in [-0.15, -0.1) is 0 Å². The Hall–Kier alpha value is -1.92. The topological polar surface area (TPSA) is 113 Å². The molecule has 0 saturated carbocycles. The van der Waals surface area contributed by atoms with Crippen molar-refractivity contribution >= 4 is 23.6 Å². The van der Waals surface area contributed by atoms with E-state index in [4.69, 9.17) is 5.11 Å². The lowest BCUT2D eigenvalue weighted by molar-refractivity contribution is -0.142. The summed E-state index contributed by atoms with van der Waals surface area (Å²) < 4.78 is 0. The first-order valence-electron chi connectivity index (χ1n) is 6.15. The summed E-state index contributed by atoms with van der Waals surface area (Å²) in [6.45, 7) is 3.60. The fourth-order valence-electron chi connectivity index (χ4n) is 1.38. The summed E-state index contributed by atoms with van der Waals surface area (Å²) in [6, 6.07) is -1.09. The van der Waals surface area contributed by atoms with E-state index in [9.17, 15) is 19.2 Å². The summed E-state index contributed by atoms with van der Waals surface area (Å²) in [4.78, 5) is 44.3. The summed E-state index contributed by atoms with van der Waals surface area (Å²) >= 11 is 0. The predicted octanol–water partition coefficient (Wildman–Crippen LogP) is -0.159. The van der Waals surface area contributed by atoms with Crippen LogP contribution in [0.1, 0.15) is 39.5 Å². The summed E-state index contributed by atoms with van der Waals surface area (Å²) in [6.07, 6.45) is 0.0829. The molecule has 3 N–H and O–H groups in total. The SMILES string of the molecule is CCNC(=O)CCC(=O)N[C@@H](CCC(C)=O)C(=O)O. The molecule has 0 rings (SSSR count). The lowest BCUT2D eigenvalue weighted by Gasteiger charge is -2.13. The molecule has 0 fully saturated rings. The molecule has 19 heavy (non-hydrogen) atoms. The number of nitrogens with one attached hydrogen (secondary N) is 2. The van der Waals surface area contributed by atoms with Crippen LogP contribution in [0, 0.1) is 0 Å². The van der Waals surface area contributed by atoms with Crippen molar-refractivity contribution in [1.82, 2.24) is 10.6 Å². The van der Waals surface area contributed by atoms with Gasteiger partial charge in [0.25, 0.3) is 0 Å².